The number of halogens is 1. The Balaban J connectivity index is 0.00000300. The summed E-state index contributed by atoms with van der Waals surface area (Å²) >= 11 is 0. The van der Waals surface area contributed by atoms with Gasteiger partial charge in [-0.2, -0.15) is 0 Å². The van der Waals surface area contributed by atoms with Crippen LogP contribution in [0.4, 0.5) is 5.69 Å². The van der Waals surface area contributed by atoms with Crippen molar-refractivity contribution in [1.29, 1.82) is 0 Å². The van der Waals surface area contributed by atoms with Crippen LogP contribution in [0.3, 0.4) is 0 Å². The van der Waals surface area contributed by atoms with Crippen LogP contribution in [-0.2, 0) is 26.2 Å². The van der Waals surface area contributed by atoms with Gasteiger partial charge in [-0.25, -0.2) is 0 Å². The van der Waals surface area contributed by atoms with Gasteiger partial charge >= 0.3 is 5.97 Å². The van der Waals surface area contributed by atoms with E-state index in [4.69, 9.17) is 4.74 Å². The molecule has 0 bridgehead atoms. The number of benzene rings is 2. The molecule has 5 nitrogen and oxygen atoms in total. The molecule has 0 aromatic heterocycles. The molecule has 2 aromatic carbocycles. The van der Waals surface area contributed by atoms with E-state index in [9.17, 15) is 9.59 Å². The number of anilines is 1. The van der Waals surface area contributed by atoms with Crippen molar-refractivity contribution in [2.75, 3.05) is 38.7 Å². The second-order valence-corrected chi connectivity index (χ2v) is 7.42. The fourth-order valence-corrected chi connectivity index (χ4v) is 3.89. The second kappa shape index (κ2) is 9.90. The van der Waals surface area contributed by atoms with Crippen molar-refractivity contribution in [2.45, 2.75) is 25.2 Å². The fraction of sp³-hybridized carbons (Fsp3) is 0.391. The first kappa shape index (κ1) is 22.9. The second-order valence-electron chi connectivity index (χ2n) is 7.42. The van der Waals surface area contributed by atoms with Crippen LogP contribution in [0.1, 0.15) is 24.5 Å². The first-order valence-electron chi connectivity index (χ1n) is 9.78. The zero-order valence-corrected chi connectivity index (χ0v) is 18.1. The van der Waals surface area contributed by atoms with Crippen molar-refractivity contribution in [3.63, 3.8) is 0 Å². The monoisotopic (exact) mass is 416 g/mol. The molecule has 0 saturated carbocycles. The van der Waals surface area contributed by atoms with Crippen LogP contribution in [0.15, 0.2) is 54.6 Å². The molecule has 0 saturated heterocycles. The van der Waals surface area contributed by atoms with Crippen LogP contribution in [0.5, 0.6) is 0 Å². The number of fused-ring (bicyclic) bond motifs is 1. The third-order valence-electron chi connectivity index (χ3n) is 5.19. The maximum Gasteiger partial charge on any atom is 0.326 e. The van der Waals surface area contributed by atoms with Crippen LogP contribution in [-0.4, -0.2) is 50.6 Å². The van der Waals surface area contributed by atoms with Gasteiger partial charge in [0.05, 0.1) is 6.61 Å². The molecule has 29 heavy (non-hydrogen) atoms. The lowest BCUT2D eigenvalue weighted by Gasteiger charge is -2.27. The van der Waals surface area contributed by atoms with E-state index >= 15 is 0 Å². The molecule has 0 radical (unpaired) electrons. The van der Waals surface area contributed by atoms with Gasteiger partial charge < -0.3 is 14.5 Å². The van der Waals surface area contributed by atoms with E-state index in [2.05, 4.69) is 4.90 Å². The van der Waals surface area contributed by atoms with Crippen LogP contribution in [0.2, 0.25) is 0 Å². The maximum atomic E-state index is 13.7. The molecular formula is C23H29ClN2O3. The van der Waals surface area contributed by atoms with Gasteiger partial charge in [0, 0.05) is 24.2 Å². The SMILES string of the molecule is CCOC(=O)C1(Cc2ccccc2)C(=O)N(CCCN(C)C)c2ccccc21.Cl. The minimum Gasteiger partial charge on any atom is -0.465 e. The highest BCUT2D eigenvalue weighted by Crippen LogP contribution is 2.45. The summed E-state index contributed by atoms with van der Waals surface area (Å²) in [6, 6.07) is 17.3. The van der Waals surface area contributed by atoms with Crippen molar-refractivity contribution in [3.8, 4) is 0 Å². The molecule has 0 fully saturated rings. The molecule has 1 atom stereocenters. The summed E-state index contributed by atoms with van der Waals surface area (Å²) in [5.41, 5.74) is 1.17. The molecule has 1 heterocycles. The first-order valence-corrected chi connectivity index (χ1v) is 9.78. The van der Waals surface area contributed by atoms with Gasteiger partial charge in [-0.3, -0.25) is 9.59 Å². The summed E-state index contributed by atoms with van der Waals surface area (Å²) in [6.45, 7) is 3.46. The van der Waals surface area contributed by atoms with Crippen molar-refractivity contribution >= 4 is 30.0 Å². The van der Waals surface area contributed by atoms with Crippen LogP contribution in [0.25, 0.3) is 0 Å². The molecule has 0 N–H and O–H groups in total. The van der Waals surface area contributed by atoms with Gasteiger partial charge in [-0.15, -0.1) is 12.4 Å². The molecule has 1 amide bonds. The van der Waals surface area contributed by atoms with E-state index in [1.807, 2.05) is 68.7 Å². The van der Waals surface area contributed by atoms with Gasteiger partial charge in [-0.05, 0) is 45.6 Å². The number of carbonyl (C=O) groups is 2. The summed E-state index contributed by atoms with van der Waals surface area (Å²) in [5, 5.41) is 0. The molecule has 0 spiro atoms. The van der Waals surface area contributed by atoms with E-state index < -0.39 is 11.4 Å². The molecule has 3 rings (SSSR count). The summed E-state index contributed by atoms with van der Waals surface area (Å²) in [4.78, 5) is 30.7. The Hall–Kier alpha value is -2.37. The van der Waals surface area contributed by atoms with Gasteiger partial charge in [0.25, 0.3) is 0 Å². The average molecular weight is 417 g/mol. The van der Waals surface area contributed by atoms with Gasteiger partial charge in [-0.1, -0.05) is 48.5 Å². The molecule has 1 aliphatic heterocycles. The number of carbonyl (C=O) groups excluding carboxylic acids is 2. The first-order chi connectivity index (χ1) is 13.5. The van der Waals surface area contributed by atoms with E-state index in [1.54, 1.807) is 11.8 Å². The van der Waals surface area contributed by atoms with Crippen LogP contribution in [0, 0.1) is 0 Å². The van der Waals surface area contributed by atoms with Gasteiger partial charge in [0.1, 0.15) is 0 Å². The highest BCUT2D eigenvalue weighted by Gasteiger charge is 2.57. The Morgan fingerprint density at radius 2 is 1.72 bits per heavy atom. The minimum absolute atomic E-state index is 0. The molecule has 0 aliphatic carbocycles. The number of rotatable bonds is 8. The zero-order chi connectivity index (χ0) is 20.1. The smallest absolute Gasteiger partial charge is 0.326 e. The normalized spacial score (nSPS) is 17.8. The summed E-state index contributed by atoms with van der Waals surface area (Å²) in [6.07, 6.45) is 1.13. The number of hydrogen-bond acceptors (Lipinski definition) is 4. The van der Waals surface area contributed by atoms with Crippen molar-refractivity contribution in [1.82, 2.24) is 4.90 Å². The summed E-state index contributed by atoms with van der Waals surface area (Å²) < 4.78 is 5.43. The van der Waals surface area contributed by atoms with E-state index in [0.29, 0.717) is 13.0 Å². The lowest BCUT2D eigenvalue weighted by molar-refractivity contribution is -0.153. The van der Waals surface area contributed by atoms with Crippen LogP contribution < -0.4 is 4.90 Å². The topological polar surface area (TPSA) is 49.9 Å². The number of ether oxygens (including phenoxy) is 1. The third-order valence-corrected chi connectivity index (χ3v) is 5.19. The van der Waals surface area contributed by atoms with E-state index in [1.165, 1.54) is 0 Å². The Kier molecular flexibility index (Phi) is 7.82. The Bertz CT molecular complexity index is 841. The van der Waals surface area contributed by atoms with E-state index in [-0.39, 0.29) is 24.9 Å². The van der Waals surface area contributed by atoms with Crippen molar-refractivity contribution in [3.05, 3.63) is 65.7 Å². The summed E-state index contributed by atoms with van der Waals surface area (Å²) in [5.74, 6) is -0.652. The maximum absolute atomic E-state index is 13.7. The van der Waals surface area contributed by atoms with E-state index in [0.717, 1.165) is 29.8 Å². The number of hydrogen-bond donors (Lipinski definition) is 0. The van der Waals surface area contributed by atoms with Gasteiger partial charge in [0.2, 0.25) is 5.91 Å². The number of esters is 1. The minimum atomic E-state index is -1.33. The Labute approximate surface area is 179 Å². The van der Waals surface area contributed by atoms with Crippen molar-refractivity contribution < 1.29 is 14.3 Å². The Morgan fingerprint density at radius 3 is 2.38 bits per heavy atom. The predicted molar refractivity (Wildman–Crippen MR) is 118 cm³/mol. The largest absolute Gasteiger partial charge is 0.465 e. The molecule has 6 heteroatoms. The number of nitrogens with zero attached hydrogens (tertiary/aromatic N) is 2. The van der Waals surface area contributed by atoms with Gasteiger partial charge in [0.15, 0.2) is 5.41 Å². The zero-order valence-electron chi connectivity index (χ0n) is 17.3. The predicted octanol–water partition coefficient (Wildman–Crippen LogP) is 3.45. The lowest BCUT2D eigenvalue weighted by Crippen LogP contribution is -2.49. The van der Waals surface area contributed by atoms with Crippen molar-refractivity contribution in [2.24, 2.45) is 0 Å². The summed E-state index contributed by atoms with van der Waals surface area (Å²) in [7, 11) is 4.02. The molecular weight excluding hydrogens is 388 g/mol. The third kappa shape index (κ3) is 4.46. The number of para-hydroxylation sites is 1. The van der Waals surface area contributed by atoms with Crippen LogP contribution >= 0.6 is 12.4 Å². The highest BCUT2D eigenvalue weighted by atomic mass is 35.5. The molecule has 156 valence electrons. The quantitative estimate of drug-likeness (QED) is 0.488. The molecule has 2 aromatic rings. The average Bonchev–Trinajstić information content (AvgIpc) is 2.92. The molecule has 1 aliphatic rings. The standard InChI is InChI=1S/C23H28N2O3.ClH/c1-4-28-22(27)23(17-18-11-6-5-7-12-18)19-13-8-9-14-20(19)25(21(23)26)16-10-15-24(2)3;/h5-9,11-14H,4,10,15-17H2,1-3H3;1H. The lowest BCUT2D eigenvalue weighted by atomic mass is 9.76. The highest BCUT2D eigenvalue weighted by molar-refractivity contribution is 6.20. The fourth-order valence-electron chi connectivity index (χ4n) is 3.89. The molecule has 1 unspecified atom stereocenters. The Morgan fingerprint density at radius 1 is 1.07 bits per heavy atom. The number of amides is 1.